The Balaban J connectivity index is 1.99. The first-order valence-electron chi connectivity index (χ1n) is 8.20. The number of fused-ring (bicyclic) bond motifs is 3. The van der Waals surface area contributed by atoms with Crippen molar-refractivity contribution < 1.29 is 13.5 Å². The largest absolute Gasteiger partial charge is 0.388 e. The summed E-state index contributed by atoms with van der Waals surface area (Å²) in [5.41, 5.74) is 1.66. The molecule has 1 aliphatic rings. The smallest absolute Gasteiger partial charge is 0.271 e. The van der Waals surface area contributed by atoms with E-state index in [4.69, 9.17) is 11.6 Å². The fraction of sp³-hybridized carbons (Fsp3) is 0.222. The Hall–Kier alpha value is -2.00. The van der Waals surface area contributed by atoms with Gasteiger partial charge >= 0.3 is 0 Å². The van der Waals surface area contributed by atoms with Crippen molar-refractivity contribution in [3.05, 3.63) is 62.2 Å². The van der Waals surface area contributed by atoms with Crippen LogP contribution in [0.3, 0.4) is 0 Å². The fourth-order valence-electron chi connectivity index (χ4n) is 3.01. The number of nitrogens with zero attached hydrogens (tertiary/aromatic N) is 2. The Kier molecular flexibility index (Phi) is 4.46. The Morgan fingerprint density at radius 2 is 1.96 bits per heavy atom. The second kappa shape index (κ2) is 6.56. The van der Waals surface area contributed by atoms with Gasteiger partial charge in [-0.05, 0) is 49.2 Å². The quantitative estimate of drug-likeness (QED) is 0.685. The Morgan fingerprint density at radius 1 is 1.26 bits per heavy atom. The van der Waals surface area contributed by atoms with Gasteiger partial charge in [0.2, 0.25) is 0 Å². The van der Waals surface area contributed by atoms with Crippen LogP contribution in [-0.2, 0) is 16.3 Å². The van der Waals surface area contributed by atoms with E-state index in [1.807, 2.05) is 0 Å². The molecule has 4 rings (SSSR count). The van der Waals surface area contributed by atoms with Crippen molar-refractivity contribution >= 4 is 32.8 Å². The Labute approximate surface area is 164 Å². The van der Waals surface area contributed by atoms with Gasteiger partial charge in [-0.1, -0.05) is 11.6 Å². The molecule has 1 aromatic carbocycles. The molecule has 0 radical (unpaired) electrons. The monoisotopic (exact) mass is 422 g/mol. The third-order valence-corrected chi connectivity index (χ3v) is 8.28. The summed E-state index contributed by atoms with van der Waals surface area (Å²) < 4.78 is 26.8. The zero-order valence-electron chi connectivity index (χ0n) is 14.2. The molecule has 140 valence electrons. The molecule has 9 heteroatoms. The van der Waals surface area contributed by atoms with Crippen LogP contribution in [0.15, 0.2) is 45.4 Å². The van der Waals surface area contributed by atoms with Crippen LogP contribution >= 0.6 is 22.9 Å². The lowest BCUT2D eigenvalue weighted by atomic mass is 10.1. The first-order chi connectivity index (χ1) is 12.8. The molecule has 3 aromatic rings. The normalized spacial score (nSPS) is 16.3. The second-order valence-corrected chi connectivity index (χ2v) is 10.2. The van der Waals surface area contributed by atoms with Crippen molar-refractivity contribution in [1.29, 1.82) is 0 Å². The number of hydrogen-bond donors (Lipinski definition) is 1. The Bertz CT molecular complexity index is 1200. The lowest BCUT2D eigenvalue weighted by Gasteiger charge is -2.10. The average Bonchev–Trinajstić information content (AvgIpc) is 3.04. The first-order valence-corrected chi connectivity index (χ1v) is 11.0. The van der Waals surface area contributed by atoms with Crippen LogP contribution in [0.1, 0.15) is 23.5 Å². The number of halogens is 1. The van der Waals surface area contributed by atoms with E-state index in [1.54, 1.807) is 37.3 Å². The summed E-state index contributed by atoms with van der Waals surface area (Å²) in [6.07, 6.45) is -0.574. The van der Waals surface area contributed by atoms with E-state index in [0.29, 0.717) is 32.4 Å². The zero-order valence-corrected chi connectivity index (χ0v) is 16.6. The minimum absolute atomic E-state index is 0.0984. The molecule has 2 aromatic heterocycles. The van der Waals surface area contributed by atoms with Gasteiger partial charge in [0.05, 0.1) is 23.2 Å². The number of benzene rings is 1. The summed E-state index contributed by atoms with van der Waals surface area (Å²) in [6.45, 7) is 1.58. The van der Waals surface area contributed by atoms with Crippen molar-refractivity contribution in [2.75, 3.05) is 5.75 Å². The molecule has 0 saturated heterocycles. The van der Waals surface area contributed by atoms with Crippen LogP contribution in [0.25, 0.3) is 16.9 Å². The van der Waals surface area contributed by atoms with Gasteiger partial charge in [-0.3, -0.25) is 4.79 Å². The van der Waals surface area contributed by atoms with Crippen molar-refractivity contribution in [1.82, 2.24) is 9.78 Å². The second-order valence-electron chi connectivity index (χ2n) is 6.34. The zero-order chi connectivity index (χ0) is 19.3. The minimum atomic E-state index is -3.52. The van der Waals surface area contributed by atoms with Gasteiger partial charge in [0.15, 0.2) is 9.84 Å². The summed E-state index contributed by atoms with van der Waals surface area (Å²) in [4.78, 5) is 13.1. The van der Waals surface area contributed by atoms with Gasteiger partial charge in [-0.25, -0.2) is 8.42 Å². The number of aromatic nitrogens is 2. The maximum absolute atomic E-state index is 12.7. The molecule has 0 aliphatic carbocycles. The van der Waals surface area contributed by atoms with Crippen molar-refractivity contribution in [2.45, 2.75) is 23.7 Å². The molecule has 1 unspecified atom stereocenters. The summed E-state index contributed by atoms with van der Waals surface area (Å²) in [5, 5.41) is 14.9. The molecule has 0 spiro atoms. The number of hydrogen-bond acceptors (Lipinski definition) is 6. The van der Waals surface area contributed by atoms with Gasteiger partial charge in [0.25, 0.3) is 5.56 Å². The highest BCUT2D eigenvalue weighted by Gasteiger charge is 2.30. The van der Waals surface area contributed by atoms with Gasteiger partial charge in [-0.15, -0.1) is 11.3 Å². The third kappa shape index (κ3) is 3.23. The predicted molar refractivity (Wildman–Crippen MR) is 105 cm³/mol. The van der Waals surface area contributed by atoms with Crippen LogP contribution in [0.4, 0.5) is 0 Å². The number of thiophene rings is 1. The van der Waals surface area contributed by atoms with E-state index < -0.39 is 15.9 Å². The van der Waals surface area contributed by atoms with E-state index >= 15 is 0 Å². The van der Waals surface area contributed by atoms with Crippen LogP contribution in [0, 0.1) is 0 Å². The van der Waals surface area contributed by atoms with Crippen LogP contribution in [0.5, 0.6) is 0 Å². The average molecular weight is 423 g/mol. The number of rotatable bonds is 2. The fourth-order valence-corrected chi connectivity index (χ4v) is 6.17. The summed E-state index contributed by atoms with van der Waals surface area (Å²) in [5.74, 6) is -0.0984. The molecule has 1 aliphatic heterocycles. The molecule has 3 heterocycles. The van der Waals surface area contributed by atoms with Crippen LogP contribution in [-0.4, -0.2) is 29.1 Å². The van der Waals surface area contributed by atoms with E-state index in [1.165, 1.54) is 10.7 Å². The van der Waals surface area contributed by atoms with Gasteiger partial charge < -0.3 is 5.11 Å². The van der Waals surface area contributed by atoms with Gasteiger partial charge in [0, 0.05) is 21.5 Å². The molecule has 0 amide bonds. The molecular weight excluding hydrogens is 408 g/mol. The maximum atomic E-state index is 12.7. The highest BCUT2D eigenvalue weighted by molar-refractivity contribution is 7.93. The molecule has 0 fully saturated rings. The Morgan fingerprint density at radius 3 is 2.63 bits per heavy atom. The topological polar surface area (TPSA) is 89.3 Å². The highest BCUT2D eigenvalue weighted by atomic mass is 35.5. The third-order valence-electron chi connectivity index (χ3n) is 4.39. The van der Waals surface area contributed by atoms with E-state index in [2.05, 4.69) is 5.10 Å². The van der Waals surface area contributed by atoms with Crippen molar-refractivity contribution in [3.63, 3.8) is 0 Å². The summed E-state index contributed by atoms with van der Waals surface area (Å²) >= 11 is 6.96. The van der Waals surface area contributed by atoms with E-state index in [9.17, 15) is 18.3 Å². The molecular formula is C18H15ClN2O4S2. The van der Waals surface area contributed by atoms with Crippen molar-refractivity contribution in [3.8, 4) is 16.9 Å². The molecule has 0 bridgehead atoms. The number of aryl methyl sites for hydroxylation is 1. The van der Waals surface area contributed by atoms with Crippen LogP contribution in [0.2, 0.25) is 5.02 Å². The first kappa shape index (κ1) is 18.4. The molecule has 0 saturated carbocycles. The van der Waals surface area contributed by atoms with E-state index in [-0.39, 0.29) is 21.9 Å². The summed E-state index contributed by atoms with van der Waals surface area (Å²) in [6, 6.07) is 9.74. The van der Waals surface area contributed by atoms with E-state index in [0.717, 1.165) is 11.3 Å². The lowest BCUT2D eigenvalue weighted by molar-refractivity contribution is 0.203. The molecule has 6 nitrogen and oxygen atoms in total. The SMILES string of the molecule is CC(O)c1cc2c(s1)S(=O)(=O)CCc1cc(=O)n(-c3ccc(Cl)cc3)nc1-2. The maximum Gasteiger partial charge on any atom is 0.271 e. The number of aliphatic hydroxyl groups excluding tert-OH is 1. The predicted octanol–water partition coefficient (Wildman–Crippen LogP) is 3.00. The number of aliphatic hydroxyl groups is 1. The minimum Gasteiger partial charge on any atom is -0.388 e. The van der Waals surface area contributed by atoms with Crippen molar-refractivity contribution in [2.24, 2.45) is 0 Å². The highest BCUT2D eigenvalue weighted by Crippen LogP contribution is 2.40. The molecule has 1 N–H and O–H groups in total. The molecule has 27 heavy (non-hydrogen) atoms. The van der Waals surface area contributed by atoms with Crippen LogP contribution < -0.4 is 5.56 Å². The molecule has 1 atom stereocenters. The standard InChI is InChI=1S/C18H15ClN2O4S2/c1-10(22)15-9-14-17-11(6-7-27(24,25)18(14)26-15)8-16(23)21(20-17)13-4-2-12(19)3-5-13/h2-5,8-10,22H,6-7H2,1H3. The van der Waals surface area contributed by atoms with Gasteiger partial charge in [0.1, 0.15) is 4.21 Å². The lowest BCUT2D eigenvalue weighted by Crippen LogP contribution is -2.22. The summed E-state index contributed by atoms with van der Waals surface area (Å²) in [7, 11) is -3.52. The number of sulfone groups is 1. The van der Waals surface area contributed by atoms with Gasteiger partial charge in [-0.2, -0.15) is 9.78 Å².